The first-order valence-electron chi connectivity index (χ1n) is 4.95. The Labute approximate surface area is 93.4 Å². The molecule has 0 atom stereocenters. The van der Waals surface area contributed by atoms with Crippen molar-refractivity contribution in [1.82, 2.24) is 14.5 Å². The van der Waals surface area contributed by atoms with Crippen LogP contribution in [0, 0.1) is 11.3 Å². The van der Waals surface area contributed by atoms with Crippen LogP contribution in [0.25, 0.3) is 0 Å². The van der Waals surface area contributed by atoms with Crippen molar-refractivity contribution in [2.45, 2.75) is 6.54 Å². The molecule has 0 spiro atoms. The third-order valence-electron chi connectivity index (χ3n) is 2.15. The van der Waals surface area contributed by atoms with Gasteiger partial charge in [-0.15, -0.1) is 0 Å². The Balaban J connectivity index is 1.93. The molecule has 2 aromatic heterocycles. The van der Waals surface area contributed by atoms with E-state index in [1.54, 1.807) is 30.9 Å². The van der Waals surface area contributed by atoms with Crippen molar-refractivity contribution in [1.29, 1.82) is 5.26 Å². The summed E-state index contributed by atoms with van der Waals surface area (Å²) in [5.41, 5.74) is 0.563. The second-order valence-corrected chi connectivity index (χ2v) is 3.24. The molecule has 0 saturated heterocycles. The van der Waals surface area contributed by atoms with E-state index < -0.39 is 0 Å². The molecule has 5 heteroatoms. The van der Waals surface area contributed by atoms with E-state index in [1.807, 2.05) is 10.8 Å². The van der Waals surface area contributed by atoms with Gasteiger partial charge in [0, 0.05) is 31.7 Å². The molecule has 80 valence electrons. The van der Waals surface area contributed by atoms with Crippen molar-refractivity contribution < 1.29 is 0 Å². The summed E-state index contributed by atoms with van der Waals surface area (Å²) in [6.07, 6.45) is 7.05. The maximum atomic E-state index is 8.86. The van der Waals surface area contributed by atoms with Gasteiger partial charge in [-0.2, -0.15) is 5.26 Å². The van der Waals surface area contributed by atoms with Crippen molar-refractivity contribution in [3.63, 3.8) is 0 Å². The van der Waals surface area contributed by atoms with E-state index in [1.165, 1.54) is 0 Å². The number of aromatic nitrogens is 3. The molecule has 5 nitrogen and oxygen atoms in total. The van der Waals surface area contributed by atoms with Gasteiger partial charge in [-0.05, 0) is 12.1 Å². The van der Waals surface area contributed by atoms with E-state index in [4.69, 9.17) is 5.26 Å². The molecular weight excluding hydrogens is 202 g/mol. The molecule has 0 aliphatic rings. The van der Waals surface area contributed by atoms with Crippen LogP contribution < -0.4 is 5.32 Å². The van der Waals surface area contributed by atoms with Gasteiger partial charge < -0.3 is 9.88 Å². The van der Waals surface area contributed by atoms with Gasteiger partial charge in [-0.1, -0.05) is 0 Å². The fraction of sp³-hybridized carbons (Fsp3) is 0.182. The van der Waals surface area contributed by atoms with Gasteiger partial charge >= 0.3 is 0 Å². The molecule has 0 aliphatic heterocycles. The zero-order chi connectivity index (χ0) is 11.2. The largest absolute Gasteiger partial charge is 0.367 e. The number of imidazole rings is 1. The van der Waals surface area contributed by atoms with E-state index >= 15 is 0 Å². The van der Waals surface area contributed by atoms with Crippen molar-refractivity contribution in [2.24, 2.45) is 0 Å². The number of nitrogens with one attached hydrogen (secondary N) is 1. The smallest absolute Gasteiger partial charge is 0.143 e. The average Bonchev–Trinajstić information content (AvgIpc) is 2.83. The van der Waals surface area contributed by atoms with Crippen LogP contribution in [-0.2, 0) is 6.54 Å². The van der Waals surface area contributed by atoms with E-state index in [-0.39, 0.29) is 0 Å². The van der Waals surface area contributed by atoms with Crippen LogP contribution in [0.3, 0.4) is 0 Å². The quantitative estimate of drug-likeness (QED) is 0.830. The number of pyridine rings is 1. The van der Waals surface area contributed by atoms with E-state index in [9.17, 15) is 0 Å². The predicted octanol–water partition coefficient (Wildman–Crippen LogP) is 1.26. The number of nitrogens with zero attached hydrogens (tertiary/aromatic N) is 4. The summed E-state index contributed by atoms with van der Waals surface area (Å²) in [6, 6.07) is 5.59. The minimum atomic E-state index is 0.563. The number of nitriles is 1. The Hall–Kier alpha value is -2.35. The van der Waals surface area contributed by atoms with Gasteiger partial charge in [-0.25, -0.2) is 9.97 Å². The first-order valence-corrected chi connectivity index (χ1v) is 4.95. The van der Waals surface area contributed by atoms with Crippen molar-refractivity contribution >= 4 is 5.82 Å². The Kier molecular flexibility index (Phi) is 3.14. The number of hydrogen-bond donors (Lipinski definition) is 1. The van der Waals surface area contributed by atoms with Crippen LogP contribution in [0.2, 0.25) is 0 Å². The summed E-state index contributed by atoms with van der Waals surface area (Å²) in [5, 5.41) is 12.0. The lowest BCUT2D eigenvalue weighted by Crippen LogP contribution is -2.11. The molecule has 0 aromatic carbocycles. The highest BCUT2D eigenvalue weighted by atomic mass is 15.1. The molecule has 16 heavy (non-hydrogen) atoms. The zero-order valence-corrected chi connectivity index (χ0v) is 8.67. The molecule has 0 saturated carbocycles. The van der Waals surface area contributed by atoms with Gasteiger partial charge in [0.15, 0.2) is 0 Å². The summed E-state index contributed by atoms with van der Waals surface area (Å²) >= 11 is 0. The third-order valence-corrected chi connectivity index (χ3v) is 2.15. The van der Waals surface area contributed by atoms with Crippen LogP contribution >= 0.6 is 0 Å². The summed E-state index contributed by atoms with van der Waals surface area (Å²) in [6.45, 7) is 1.50. The molecule has 0 aliphatic carbocycles. The molecule has 0 unspecified atom stereocenters. The fourth-order valence-electron chi connectivity index (χ4n) is 1.36. The standard InChI is InChI=1S/C11H11N5/c12-8-10-2-1-3-14-11(10)15-5-7-16-6-4-13-9-16/h1-4,6,9H,5,7H2,(H,14,15). The van der Waals surface area contributed by atoms with Crippen LogP contribution in [-0.4, -0.2) is 21.1 Å². The number of rotatable bonds is 4. The number of hydrogen-bond acceptors (Lipinski definition) is 4. The average molecular weight is 213 g/mol. The minimum Gasteiger partial charge on any atom is -0.367 e. The van der Waals surface area contributed by atoms with Gasteiger partial charge in [0.2, 0.25) is 0 Å². The van der Waals surface area contributed by atoms with E-state index in [2.05, 4.69) is 21.4 Å². The monoisotopic (exact) mass is 213 g/mol. The summed E-state index contributed by atoms with van der Waals surface area (Å²) in [4.78, 5) is 8.06. The fourth-order valence-corrected chi connectivity index (χ4v) is 1.36. The maximum absolute atomic E-state index is 8.86. The Bertz CT molecular complexity index is 483. The highest BCUT2D eigenvalue weighted by molar-refractivity contribution is 5.50. The maximum Gasteiger partial charge on any atom is 0.143 e. The molecule has 2 aromatic rings. The van der Waals surface area contributed by atoms with E-state index in [0.717, 1.165) is 6.54 Å². The predicted molar refractivity (Wildman–Crippen MR) is 59.7 cm³/mol. The van der Waals surface area contributed by atoms with Gasteiger partial charge in [0.25, 0.3) is 0 Å². The first kappa shape index (κ1) is 10.2. The Morgan fingerprint density at radius 2 is 2.38 bits per heavy atom. The molecule has 2 rings (SSSR count). The molecule has 2 heterocycles. The summed E-state index contributed by atoms with van der Waals surface area (Å²) in [7, 11) is 0. The van der Waals surface area contributed by atoms with E-state index in [0.29, 0.717) is 17.9 Å². The Morgan fingerprint density at radius 1 is 1.44 bits per heavy atom. The van der Waals surface area contributed by atoms with Gasteiger partial charge in [0.05, 0.1) is 11.9 Å². The highest BCUT2D eigenvalue weighted by Gasteiger charge is 2.00. The second kappa shape index (κ2) is 4.94. The first-order chi connectivity index (χ1) is 7.90. The lowest BCUT2D eigenvalue weighted by Gasteiger charge is -2.06. The third kappa shape index (κ3) is 2.36. The lowest BCUT2D eigenvalue weighted by atomic mass is 10.3. The van der Waals surface area contributed by atoms with Crippen LogP contribution in [0.4, 0.5) is 5.82 Å². The van der Waals surface area contributed by atoms with Crippen molar-refractivity contribution in [2.75, 3.05) is 11.9 Å². The molecule has 1 N–H and O–H groups in total. The van der Waals surface area contributed by atoms with Crippen LogP contribution in [0.15, 0.2) is 37.1 Å². The minimum absolute atomic E-state index is 0.563. The summed E-state index contributed by atoms with van der Waals surface area (Å²) in [5.74, 6) is 0.630. The topological polar surface area (TPSA) is 66.5 Å². The van der Waals surface area contributed by atoms with Gasteiger partial charge in [0.1, 0.15) is 11.9 Å². The second-order valence-electron chi connectivity index (χ2n) is 3.24. The molecule has 0 fully saturated rings. The van der Waals surface area contributed by atoms with Crippen molar-refractivity contribution in [3.05, 3.63) is 42.6 Å². The zero-order valence-electron chi connectivity index (χ0n) is 8.67. The summed E-state index contributed by atoms with van der Waals surface area (Å²) < 4.78 is 1.96. The lowest BCUT2D eigenvalue weighted by molar-refractivity contribution is 0.725. The SMILES string of the molecule is N#Cc1cccnc1NCCn1ccnc1. The molecule has 0 radical (unpaired) electrons. The van der Waals surface area contributed by atoms with Gasteiger partial charge in [-0.3, -0.25) is 0 Å². The van der Waals surface area contributed by atoms with Crippen molar-refractivity contribution in [3.8, 4) is 6.07 Å². The van der Waals surface area contributed by atoms with Crippen LogP contribution in [0.5, 0.6) is 0 Å². The molecule has 0 amide bonds. The molecule has 0 bridgehead atoms. The molecular formula is C11H11N5. The van der Waals surface area contributed by atoms with Crippen LogP contribution in [0.1, 0.15) is 5.56 Å². The normalized spacial score (nSPS) is 9.69. The Morgan fingerprint density at radius 3 is 3.12 bits per heavy atom. The highest BCUT2D eigenvalue weighted by Crippen LogP contribution is 2.08. The number of anilines is 1.